The second-order valence-electron chi connectivity index (χ2n) is 10.1. The van der Waals surface area contributed by atoms with Crippen molar-refractivity contribution in [3.63, 3.8) is 0 Å². The molecule has 7 N–H and O–H groups in total. The third-order valence-electron chi connectivity index (χ3n) is 7.27. The van der Waals surface area contributed by atoms with Crippen LogP contribution in [0.25, 0.3) is 5.76 Å². The van der Waals surface area contributed by atoms with Gasteiger partial charge in [0.25, 0.3) is 5.91 Å². The van der Waals surface area contributed by atoms with Gasteiger partial charge in [0.05, 0.1) is 29.8 Å². The molecule has 3 aliphatic carbocycles. The maximum absolute atomic E-state index is 13.7. The van der Waals surface area contributed by atoms with Crippen LogP contribution >= 0.6 is 0 Å². The summed E-state index contributed by atoms with van der Waals surface area (Å²) in [6.45, 7) is -0.194. The molecule has 0 heterocycles. The van der Waals surface area contributed by atoms with Crippen LogP contribution in [0.1, 0.15) is 17.5 Å². The zero-order chi connectivity index (χ0) is 29.8. The van der Waals surface area contributed by atoms with Crippen molar-refractivity contribution in [2.24, 2.45) is 23.5 Å². The molecular weight excluding hydrogens is 541 g/mol. The molecule has 0 unspecified atom stereocenters. The zero-order valence-corrected chi connectivity index (χ0v) is 21.5. The SMILES string of the molecule is CN[C@@H]1C(O)=C(C(N)=O)C(=O)[C@H]2C(=O)C3=C(O)c4c(O)c(NC(=O)CN(C)C)cc(OC(F)(F)F)c4C[C@H]3C[C@H]21. The Kier molecular flexibility index (Phi) is 7.32. The maximum atomic E-state index is 13.7. The van der Waals surface area contributed by atoms with E-state index in [1.165, 1.54) is 11.9 Å². The second-order valence-corrected chi connectivity index (χ2v) is 10.1. The van der Waals surface area contributed by atoms with E-state index in [2.05, 4.69) is 15.4 Å². The summed E-state index contributed by atoms with van der Waals surface area (Å²) in [6, 6.07) is -0.289. The predicted octanol–water partition coefficient (Wildman–Crippen LogP) is 0.906. The number of fused-ring (bicyclic) bond motifs is 3. The van der Waals surface area contributed by atoms with E-state index in [9.17, 15) is 47.7 Å². The number of nitrogens with two attached hydrogens (primary N) is 1. The largest absolute Gasteiger partial charge is 0.573 e. The number of aliphatic hydroxyl groups excluding tert-OH is 2. The number of primary amides is 1. The van der Waals surface area contributed by atoms with Gasteiger partial charge in [-0.2, -0.15) is 0 Å². The minimum absolute atomic E-state index is 0.0733. The monoisotopic (exact) mass is 568 g/mol. The number of allylic oxidation sites excluding steroid dienone is 1. The standard InChI is InChI=1S/C25H27F3N4O8/c1-30-18-10-5-8-4-9-12(40-25(26,27)28)6-11(31-13(33)7-32(2)3)19(34)15(9)20(35)14(8)21(36)16(10)22(37)17(23(18)38)24(29)39/h6,8,10,16,18,30,34-35,38H,4-5,7H2,1-3H3,(H2,29,39)(H,31,33)/t8-,10+,16+,18-/m0/s1. The number of hydrogen-bond acceptors (Lipinski definition) is 10. The van der Waals surface area contributed by atoms with E-state index in [0.29, 0.717) is 0 Å². The summed E-state index contributed by atoms with van der Waals surface area (Å²) in [7, 11) is 4.54. The van der Waals surface area contributed by atoms with Crippen molar-refractivity contribution in [1.29, 1.82) is 0 Å². The Morgan fingerprint density at radius 1 is 1.18 bits per heavy atom. The summed E-state index contributed by atoms with van der Waals surface area (Å²) < 4.78 is 44.2. The van der Waals surface area contributed by atoms with E-state index >= 15 is 0 Å². The molecule has 1 aromatic rings. The number of carbonyl (C=O) groups is 4. The first kappa shape index (κ1) is 28.9. The van der Waals surface area contributed by atoms with Gasteiger partial charge in [-0.25, -0.2) is 0 Å². The van der Waals surface area contributed by atoms with Crippen molar-refractivity contribution in [2.75, 3.05) is 33.0 Å². The molecule has 1 aromatic carbocycles. The third-order valence-corrected chi connectivity index (χ3v) is 7.27. The van der Waals surface area contributed by atoms with Gasteiger partial charge in [-0.3, -0.25) is 19.2 Å². The van der Waals surface area contributed by atoms with E-state index in [1.54, 1.807) is 14.1 Å². The van der Waals surface area contributed by atoms with Crippen molar-refractivity contribution in [3.05, 3.63) is 34.1 Å². The number of nitrogens with one attached hydrogen (secondary N) is 2. The molecule has 4 rings (SSSR count). The summed E-state index contributed by atoms with van der Waals surface area (Å²) >= 11 is 0. The van der Waals surface area contributed by atoms with Gasteiger partial charge in [-0.15, -0.1) is 13.2 Å². The molecule has 15 heteroatoms. The van der Waals surface area contributed by atoms with Crippen LogP contribution in [0.15, 0.2) is 23.0 Å². The molecule has 216 valence electrons. The first-order valence-corrected chi connectivity index (χ1v) is 12.1. The molecule has 0 saturated heterocycles. The van der Waals surface area contributed by atoms with E-state index < -0.39 is 93.4 Å². The highest BCUT2D eigenvalue weighted by Crippen LogP contribution is 2.53. The summed E-state index contributed by atoms with van der Waals surface area (Å²) in [5, 5.41) is 37.8. The Morgan fingerprint density at radius 2 is 1.82 bits per heavy atom. The van der Waals surface area contributed by atoms with Crippen molar-refractivity contribution < 1.29 is 52.4 Å². The number of Topliss-reactive ketones (excluding diaryl/α,β-unsaturated/α-hetero) is 2. The Hall–Kier alpha value is -4.11. The molecule has 12 nitrogen and oxygen atoms in total. The number of nitrogens with zero attached hydrogens (tertiary/aromatic N) is 1. The smallest absolute Gasteiger partial charge is 0.510 e. The Bertz CT molecular complexity index is 1380. The number of hydrogen-bond donors (Lipinski definition) is 6. The first-order chi connectivity index (χ1) is 18.6. The summed E-state index contributed by atoms with van der Waals surface area (Å²) in [5.41, 5.74) is 2.81. The molecule has 0 spiro atoms. The number of rotatable bonds is 6. The van der Waals surface area contributed by atoms with Gasteiger partial charge in [0.15, 0.2) is 17.3 Å². The summed E-state index contributed by atoms with van der Waals surface area (Å²) in [6.07, 6.45) is -5.58. The number of ketones is 2. The lowest BCUT2D eigenvalue weighted by atomic mass is 9.59. The van der Waals surface area contributed by atoms with Gasteiger partial charge in [0.2, 0.25) is 5.91 Å². The van der Waals surface area contributed by atoms with Crippen molar-refractivity contribution in [3.8, 4) is 11.5 Å². The van der Waals surface area contributed by atoms with Crippen molar-refractivity contribution >= 4 is 34.8 Å². The second kappa shape index (κ2) is 10.1. The number of phenols is 1. The number of phenolic OH excluding ortho intramolecular Hbond substituents is 1. The molecule has 1 fully saturated rings. The maximum Gasteiger partial charge on any atom is 0.573 e. The number of benzene rings is 1. The Morgan fingerprint density at radius 3 is 2.38 bits per heavy atom. The third kappa shape index (κ3) is 4.86. The quantitative estimate of drug-likeness (QED) is 0.163. The topological polar surface area (TPSA) is 192 Å². The fourth-order valence-electron chi connectivity index (χ4n) is 5.84. The highest BCUT2D eigenvalue weighted by atomic mass is 19.4. The first-order valence-electron chi connectivity index (χ1n) is 12.1. The van der Waals surface area contributed by atoms with Crippen LogP contribution in [0, 0.1) is 17.8 Å². The van der Waals surface area contributed by atoms with Crippen LogP contribution in [0.4, 0.5) is 18.9 Å². The Labute approximate surface area is 225 Å². The van der Waals surface area contributed by atoms with Gasteiger partial charge >= 0.3 is 6.36 Å². The van der Waals surface area contributed by atoms with Gasteiger partial charge < -0.3 is 41.3 Å². The van der Waals surface area contributed by atoms with Crippen LogP contribution < -0.4 is 21.1 Å². The molecule has 3 aliphatic rings. The molecule has 0 bridgehead atoms. The predicted molar refractivity (Wildman–Crippen MR) is 132 cm³/mol. The lowest BCUT2D eigenvalue weighted by molar-refractivity contribution is -0.275. The van der Waals surface area contributed by atoms with E-state index in [1.807, 2.05) is 0 Å². The lowest BCUT2D eigenvalue weighted by Crippen LogP contribution is -2.55. The number of ether oxygens (including phenoxy) is 1. The molecule has 4 atom stereocenters. The van der Waals surface area contributed by atoms with Crippen molar-refractivity contribution in [2.45, 2.75) is 25.2 Å². The number of carbonyl (C=O) groups excluding carboxylic acids is 4. The molecule has 40 heavy (non-hydrogen) atoms. The van der Waals surface area contributed by atoms with Crippen LogP contribution in [0.2, 0.25) is 0 Å². The van der Waals surface area contributed by atoms with Crippen LogP contribution in [0.5, 0.6) is 11.5 Å². The minimum atomic E-state index is -5.18. The fourth-order valence-corrected chi connectivity index (χ4v) is 5.84. The fraction of sp³-hybridized carbons (Fsp3) is 0.440. The minimum Gasteiger partial charge on any atom is -0.510 e. The number of likely N-dealkylation sites (N-methyl/N-ethyl adjacent to an activating group) is 2. The highest BCUT2D eigenvalue weighted by Gasteiger charge is 2.55. The average Bonchev–Trinajstić information content (AvgIpc) is 2.80. The number of alkyl halides is 3. The molecule has 2 amide bonds. The Balaban J connectivity index is 1.88. The number of anilines is 1. The highest BCUT2D eigenvalue weighted by molar-refractivity contribution is 6.28. The van der Waals surface area contributed by atoms with Gasteiger partial charge in [-0.05, 0) is 45.8 Å². The number of aromatic hydroxyl groups is 1. The molecule has 0 aromatic heterocycles. The normalized spacial score (nSPS) is 24.5. The van der Waals surface area contributed by atoms with Crippen molar-refractivity contribution in [1.82, 2.24) is 10.2 Å². The lowest BCUT2D eigenvalue weighted by Gasteiger charge is -2.44. The summed E-state index contributed by atoms with van der Waals surface area (Å²) in [4.78, 5) is 52.5. The number of amides is 2. The van der Waals surface area contributed by atoms with E-state index in [4.69, 9.17) is 5.73 Å². The molecule has 0 radical (unpaired) electrons. The van der Waals surface area contributed by atoms with Gasteiger partial charge in [-0.1, -0.05) is 0 Å². The van der Waals surface area contributed by atoms with Crippen LogP contribution in [0.3, 0.4) is 0 Å². The number of aliphatic hydroxyl groups is 2. The van der Waals surface area contributed by atoms with Gasteiger partial charge in [0.1, 0.15) is 22.8 Å². The average molecular weight is 569 g/mol. The van der Waals surface area contributed by atoms with Crippen LogP contribution in [-0.4, -0.2) is 83.7 Å². The van der Waals surface area contributed by atoms with Crippen LogP contribution in [-0.2, 0) is 25.6 Å². The number of halogens is 3. The van der Waals surface area contributed by atoms with E-state index in [-0.39, 0.29) is 30.5 Å². The molecular formula is C25H27F3N4O8. The van der Waals surface area contributed by atoms with Gasteiger partial charge in [0, 0.05) is 17.2 Å². The zero-order valence-electron chi connectivity index (χ0n) is 21.5. The molecule has 0 aliphatic heterocycles. The molecule has 1 saturated carbocycles. The van der Waals surface area contributed by atoms with E-state index in [0.717, 1.165) is 6.07 Å². The summed E-state index contributed by atoms with van der Waals surface area (Å²) in [5.74, 6) is -10.5.